The van der Waals surface area contributed by atoms with E-state index in [2.05, 4.69) is 4.98 Å². The highest BCUT2D eigenvalue weighted by Crippen LogP contribution is 2.22. The average molecular weight is 259 g/mol. The fourth-order valence-electron chi connectivity index (χ4n) is 2.25. The van der Waals surface area contributed by atoms with Gasteiger partial charge in [0.15, 0.2) is 0 Å². The molecule has 1 atom stereocenters. The summed E-state index contributed by atoms with van der Waals surface area (Å²) in [6, 6.07) is 8.39. The van der Waals surface area contributed by atoms with Gasteiger partial charge < -0.3 is 5.11 Å². The number of aliphatic hydroxyl groups excluding tert-OH is 1. The second kappa shape index (κ2) is 5.49. The van der Waals surface area contributed by atoms with Gasteiger partial charge in [0.1, 0.15) is 5.82 Å². The summed E-state index contributed by atoms with van der Waals surface area (Å²) in [7, 11) is 0. The standard InChI is InChI=1S/C16H18FNO/c1-10-4-5-15(17)8-13(10)9-16(19)14-6-11(2)18-12(3)7-14/h4-8,16,19H,9H2,1-3H3. The SMILES string of the molecule is Cc1cc(C(O)Cc2cc(F)ccc2C)cc(C)n1. The van der Waals surface area contributed by atoms with Crippen LogP contribution < -0.4 is 0 Å². The maximum Gasteiger partial charge on any atom is 0.123 e. The van der Waals surface area contributed by atoms with Gasteiger partial charge in [-0.3, -0.25) is 4.98 Å². The Kier molecular flexibility index (Phi) is 3.96. The quantitative estimate of drug-likeness (QED) is 0.916. The molecule has 1 aromatic carbocycles. The van der Waals surface area contributed by atoms with Crippen LogP contribution in [0.15, 0.2) is 30.3 Å². The zero-order chi connectivity index (χ0) is 14.0. The van der Waals surface area contributed by atoms with Crippen molar-refractivity contribution in [3.05, 3.63) is 64.2 Å². The van der Waals surface area contributed by atoms with E-state index in [0.29, 0.717) is 6.42 Å². The predicted octanol–water partition coefficient (Wildman–Crippen LogP) is 3.42. The van der Waals surface area contributed by atoms with Gasteiger partial charge in [0.05, 0.1) is 6.10 Å². The molecule has 0 bridgehead atoms. The summed E-state index contributed by atoms with van der Waals surface area (Å²) in [6.07, 6.45) is -0.229. The van der Waals surface area contributed by atoms with E-state index in [0.717, 1.165) is 28.1 Å². The molecule has 1 unspecified atom stereocenters. The molecule has 0 radical (unpaired) electrons. The smallest absolute Gasteiger partial charge is 0.123 e. The number of aromatic nitrogens is 1. The third-order valence-electron chi connectivity index (χ3n) is 3.21. The summed E-state index contributed by atoms with van der Waals surface area (Å²) < 4.78 is 13.2. The minimum atomic E-state index is -0.638. The number of hydrogen-bond acceptors (Lipinski definition) is 2. The Bertz CT molecular complexity index is 575. The third kappa shape index (κ3) is 3.38. The highest BCUT2D eigenvalue weighted by atomic mass is 19.1. The molecule has 0 saturated carbocycles. The van der Waals surface area contributed by atoms with Crippen LogP contribution in [0, 0.1) is 26.6 Å². The summed E-state index contributed by atoms with van der Waals surface area (Å²) in [5.74, 6) is -0.269. The fraction of sp³-hybridized carbons (Fsp3) is 0.312. The van der Waals surface area contributed by atoms with E-state index in [1.54, 1.807) is 6.07 Å². The molecule has 1 heterocycles. The highest BCUT2D eigenvalue weighted by molar-refractivity contribution is 5.30. The van der Waals surface area contributed by atoms with Gasteiger partial charge in [0.25, 0.3) is 0 Å². The molecule has 0 spiro atoms. The van der Waals surface area contributed by atoms with Crippen LogP contribution in [0.25, 0.3) is 0 Å². The largest absolute Gasteiger partial charge is 0.388 e. The van der Waals surface area contributed by atoms with E-state index >= 15 is 0 Å². The number of halogens is 1. The molecule has 0 aliphatic carbocycles. The summed E-state index contributed by atoms with van der Waals surface area (Å²) >= 11 is 0. The lowest BCUT2D eigenvalue weighted by molar-refractivity contribution is 0.178. The average Bonchev–Trinajstić information content (AvgIpc) is 2.32. The van der Waals surface area contributed by atoms with Crippen molar-refractivity contribution in [2.75, 3.05) is 0 Å². The molecular formula is C16H18FNO. The number of rotatable bonds is 3. The summed E-state index contributed by atoms with van der Waals surface area (Å²) in [5.41, 5.74) is 4.41. The number of aliphatic hydroxyl groups is 1. The van der Waals surface area contributed by atoms with Crippen molar-refractivity contribution < 1.29 is 9.50 Å². The number of pyridine rings is 1. The Morgan fingerprint density at radius 3 is 2.37 bits per heavy atom. The zero-order valence-corrected chi connectivity index (χ0v) is 11.4. The van der Waals surface area contributed by atoms with E-state index < -0.39 is 6.10 Å². The molecular weight excluding hydrogens is 241 g/mol. The molecule has 1 N–H and O–H groups in total. The number of aryl methyl sites for hydroxylation is 3. The van der Waals surface area contributed by atoms with Crippen LogP contribution in [0.4, 0.5) is 4.39 Å². The molecule has 19 heavy (non-hydrogen) atoms. The predicted molar refractivity (Wildman–Crippen MR) is 73.5 cm³/mol. The van der Waals surface area contributed by atoms with Gasteiger partial charge >= 0.3 is 0 Å². The Morgan fingerprint density at radius 1 is 1.11 bits per heavy atom. The number of benzene rings is 1. The molecule has 0 amide bonds. The van der Waals surface area contributed by atoms with E-state index in [9.17, 15) is 9.50 Å². The van der Waals surface area contributed by atoms with E-state index in [4.69, 9.17) is 0 Å². The lowest BCUT2D eigenvalue weighted by Crippen LogP contribution is -2.05. The molecule has 2 rings (SSSR count). The van der Waals surface area contributed by atoms with Crippen LogP contribution >= 0.6 is 0 Å². The molecule has 2 nitrogen and oxygen atoms in total. The zero-order valence-electron chi connectivity index (χ0n) is 11.4. The Balaban J connectivity index is 2.25. The highest BCUT2D eigenvalue weighted by Gasteiger charge is 2.12. The van der Waals surface area contributed by atoms with Crippen LogP contribution in [0.2, 0.25) is 0 Å². The molecule has 0 saturated heterocycles. The topological polar surface area (TPSA) is 33.1 Å². The van der Waals surface area contributed by atoms with Gasteiger partial charge in [-0.05, 0) is 61.7 Å². The van der Waals surface area contributed by atoms with Crippen LogP contribution in [-0.2, 0) is 6.42 Å². The van der Waals surface area contributed by atoms with Crippen molar-refractivity contribution in [2.24, 2.45) is 0 Å². The molecule has 2 aromatic rings. The second-order valence-electron chi connectivity index (χ2n) is 4.97. The maximum atomic E-state index is 13.2. The third-order valence-corrected chi connectivity index (χ3v) is 3.21. The first-order valence-electron chi connectivity index (χ1n) is 6.34. The van der Waals surface area contributed by atoms with Crippen molar-refractivity contribution in [3.8, 4) is 0 Å². The summed E-state index contributed by atoms with van der Waals surface area (Å²) in [5, 5.41) is 10.3. The van der Waals surface area contributed by atoms with Crippen molar-refractivity contribution in [1.82, 2.24) is 4.98 Å². The van der Waals surface area contributed by atoms with E-state index in [-0.39, 0.29) is 5.82 Å². The summed E-state index contributed by atoms with van der Waals surface area (Å²) in [4.78, 5) is 4.28. The minimum Gasteiger partial charge on any atom is -0.388 e. The van der Waals surface area contributed by atoms with Crippen molar-refractivity contribution in [2.45, 2.75) is 33.3 Å². The second-order valence-corrected chi connectivity index (χ2v) is 4.97. The monoisotopic (exact) mass is 259 g/mol. The normalized spacial score (nSPS) is 12.5. The lowest BCUT2D eigenvalue weighted by Gasteiger charge is -2.14. The molecule has 1 aromatic heterocycles. The van der Waals surface area contributed by atoms with Gasteiger partial charge in [0.2, 0.25) is 0 Å². The molecule has 3 heteroatoms. The van der Waals surface area contributed by atoms with E-state index in [1.165, 1.54) is 12.1 Å². The van der Waals surface area contributed by atoms with Crippen LogP contribution in [-0.4, -0.2) is 10.1 Å². The van der Waals surface area contributed by atoms with Gasteiger partial charge in [-0.1, -0.05) is 6.07 Å². The van der Waals surface area contributed by atoms with Crippen LogP contribution in [0.5, 0.6) is 0 Å². The van der Waals surface area contributed by atoms with Gasteiger partial charge in [-0.2, -0.15) is 0 Å². The minimum absolute atomic E-state index is 0.269. The van der Waals surface area contributed by atoms with Crippen molar-refractivity contribution in [1.29, 1.82) is 0 Å². The Morgan fingerprint density at radius 2 is 1.74 bits per heavy atom. The lowest BCUT2D eigenvalue weighted by atomic mass is 9.98. The van der Waals surface area contributed by atoms with Gasteiger partial charge in [-0.25, -0.2) is 4.39 Å². The maximum absolute atomic E-state index is 13.2. The Hall–Kier alpha value is -1.74. The molecule has 0 aliphatic heterocycles. The van der Waals surface area contributed by atoms with Crippen LogP contribution in [0.1, 0.15) is 34.2 Å². The first kappa shape index (κ1) is 13.7. The summed E-state index contributed by atoms with van der Waals surface area (Å²) in [6.45, 7) is 5.72. The van der Waals surface area contributed by atoms with Gasteiger partial charge in [-0.15, -0.1) is 0 Å². The molecule has 0 aliphatic rings. The van der Waals surface area contributed by atoms with Crippen LogP contribution in [0.3, 0.4) is 0 Å². The van der Waals surface area contributed by atoms with E-state index in [1.807, 2.05) is 32.9 Å². The molecule has 0 fully saturated rings. The Labute approximate surface area is 112 Å². The first-order valence-corrected chi connectivity index (χ1v) is 6.34. The van der Waals surface area contributed by atoms with Gasteiger partial charge in [0, 0.05) is 17.8 Å². The van der Waals surface area contributed by atoms with Crippen molar-refractivity contribution in [3.63, 3.8) is 0 Å². The molecule has 100 valence electrons. The number of hydrogen-bond donors (Lipinski definition) is 1. The fourth-order valence-corrected chi connectivity index (χ4v) is 2.25. The number of nitrogens with zero attached hydrogens (tertiary/aromatic N) is 1. The van der Waals surface area contributed by atoms with Crippen molar-refractivity contribution >= 4 is 0 Å². The first-order chi connectivity index (χ1) is 8.95.